The van der Waals surface area contributed by atoms with Gasteiger partial charge in [0.1, 0.15) is 11.0 Å². The number of carbonyl (C=O) groups is 2. The monoisotopic (exact) mass is 422 g/mol. The van der Waals surface area contributed by atoms with Gasteiger partial charge in [0.25, 0.3) is 5.91 Å². The number of benzene rings is 2. The molecular formula is C19H19ClN2O5S. The molecule has 0 radical (unpaired) electrons. The van der Waals surface area contributed by atoms with Crippen molar-refractivity contribution in [1.29, 1.82) is 0 Å². The van der Waals surface area contributed by atoms with Crippen LogP contribution in [-0.4, -0.2) is 57.1 Å². The summed E-state index contributed by atoms with van der Waals surface area (Å²) >= 11 is 5.79. The number of nitrogens with one attached hydrogen (secondary N) is 1. The van der Waals surface area contributed by atoms with E-state index in [0.717, 1.165) is 0 Å². The van der Waals surface area contributed by atoms with Gasteiger partial charge >= 0.3 is 0 Å². The molecule has 0 aliphatic carbocycles. The Morgan fingerprint density at radius 2 is 1.86 bits per heavy atom. The van der Waals surface area contributed by atoms with Gasteiger partial charge in [-0.05, 0) is 42.5 Å². The van der Waals surface area contributed by atoms with E-state index < -0.39 is 21.0 Å². The van der Waals surface area contributed by atoms with E-state index in [2.05, 4.69) is 5.32 Å². The third-order valence-electron chi connectivity index (χ3n) is 4.51. The zero-order chi connectivity index (χ0) is 20.3. The number of ether oxygens (including phenoxy) is 1. The molecule has 7 nitrogen and oxygen atoms in total. The van der Waals surface area contributed by atoms with Gasteiger partial charge in [0, 0.05) is 23.7 Å². The van der Waals surface area contributed by atoms with Gasteiger partial charge in [0.15, 0.2) is 9.84 Å². The van der Waals surface area contributed by atoms with E-state index in [0.29, 0.717) is 16.3 Å². The third-order valence-corrected chi connectivity index (χ3v) is 6.87. The molecule has 1 N–H and O–H groups in total. The lowest BCUT2D eigenvalue weighted by molar-refractivity contribution is -0.133. The summed E-state index contributed by atoms with van der Waals surface area (Å²) in [7, 11) is -2.02. The Morgan fingerprint density at radius 1 is 1.18 bits per heavy atom. The molecule has 148 valence electrons. The number of rotatable bonds is 6. The summed E-state index contributed by atoms with van der Waals surface area (Å²) in [5.74, 6) is -0.200. The van der Waals surface area contributed by atoms with Crippen molar-refractivity contribution in [3.05, 3.63) is 59.1 Å². The lowest BCUT2D eigenvalue weighted by Crippen LogP contribution is -2.58. The van der Waals surface area contributed by atoms with Crippen LogP contribution in [0.2, 0.25) is 5.02 Å². The number of sulfone groups is 1. The smallest absolute Gasteiger partial charge is 0.251 e. The van der Waals surface area contributed by atoms with Gasteiger partial charge in [0.2, 0.25) is 5.91 Å². The number of likely N-dealkylation sites (tertiary alicyclic amines) is 1. The number of hydrogen-bond donors (Lipinski definition) is 1. The number of hydrogen-bond acceptors (Lipinski definition) is 5. The molecule has 9 heteroatoms. The minimum Gasteiger partial charge on any atom is -0.497 e. The summed E-state index contributed by atoms with van der Waals surface area (Å²) in [5, 5.41) is 2.34. The molecule has 1 heterocycles. The van der Waals surface area contributed by atoms with Crippen LogP contribution in [0.1, 0.15) is 10.4 Å². The third kappa shape index (κ3) is 4.28. The van der Waals surface area contributed by atoms with Gasteiger partial charge in [-0.1, -0.05) is 17.7 Å². The largest absolute Gasteiger partial charge is 0.497 e. The van der Waals surface area contributed by atoms with Crippen molar-refractivity contribution >= 4 is 33.3 Å². The summed E-state index contributed by atoms with van der Waals surface area (Å²) < 4.78 is 30.1. The van der Waals surface area contributed by atoms with Crippen LogP contribution in [0.15, 0.2) is 53.4 Å². The van der Waals surface area contributed by atoms with Gasteiger partial charge in [-0.25, -0.2) is 8.42 Å². The fourth-order valence-electron chi connectivity index (χ4n) is 2.79. The average Bonchev–Trinajstić information content (AvgIpc) is 2.65. The summed E-state index contributed by atoms with van der Waals surface area (Å²) in [5.41, 5.74) is 0.374. The minimum atomic E-state index is -3.52. The van der Waals surface area contributed by atoms with Crippen molar-refractivity contribution in [3.63, 3.8) is 0 Å². The van der Waals surface area contributed by atoms with Crippen LogP contribution in [0.5, 0.6) is 5.75 Å². The second kappa shape index (κ2) is 8.20. The maximum atomic E-state index is 12.5. The highest BCUT2D eigenvalue weighted by Crippen LogP contribution is 2.24. The molecule has 0 aromatic heterocycles. The Bertz CT molecular complexity index is 986. The number of methoxy groups -OCH3 is 1. The highest BCUT2D eigenvalue weighted by Gasteiger charge is 2.40. The molecule has 0 spiro atoms. The molecule has 2 amide bonds. The molecule has 0 bridgehead atoms. The maximum Gasteiger partial charge on any atom is 0.251 e. The van der Waals surface area contributed by atoms with Crippen LogP contribution in [-0.2, 0) is 14.6 Å². The van der Waals surface area contributed by atoms with E-state index in [1.807, 2.05) is 0 Å². The molecule has 1 saturated heterocycles. The highest BCUT2D eigenvalue weighted by molar-refractivity contribution is 7.92. The van der Waals surface area contributed by atoms with Crippen LogP contribution in [0.3, 0.4) is 0 Å². The van der Waals surface area contributed by atoms with Gasteiger partial charge < -0.3 is 15.0 Å². The molecule has 3 rings (SSSR count). The fraction of sp³-hybridized carbons (Fsp3) is 0.263. The summed E-state index contributed by atoms with van der Waals surface area (Å²) in [4.78, 5) is 25.9. The second-order valence-corrected chi connectivity index (χ2v) is 9.00. The van der Waals surface area contributed by atoms with E-state index in [4.69, 9.17) is 16.3 Å². The zero-order valence-corrected chi connectivity index (χ0v) is 16.7. The molecular weight excluding hydrogens is 404 g/mol. The van der Waals surface area contributed by atoms with Crippen molar-refractivity contribution < 1.29 is 22.7 Å². The SMILES string of the molecule is COc1cccc(C(=O)NCC(=O)N2CC(S(=O)(=O)c3ccc(Cl)cc3)C2)c1. The van der Waals surface area contributed by atoms with E-state index >= 15 is 0 Å². The quantitative estimate of drug-likeness (QED) is 0.765. The molecule has 0 unspecified atom stereocenters. The average molecular weight is 423 g/mol. The first-order chi connectivity index (χ1) is 13.3. The van der Waals surface area contributed by atoms with Crippen molar-refractivity contribution in [2.24, 2.45) is 0 Å². The number of halogens is 1. The minimum absolute atomic E-state index is 0.0961. The van der Waals surface area contributed by atoms with Crippen LogP contribution in [0.4, 0.5) is 0 Å². The Kier molecular flexibility index (Phi) is 5.90. The Morgan fingerprint density at radius 3 is 2.50 bits per heavy atom. The Balaban J connectivity index is 1.52. The topological polar surface area (TPSA) is 92.8 Å². The normalized spacial score (nSPS) is 14.3. The van der Waals surface area contributed by atoms with Crippen LogP contribution in [0.25, 0.3) is 0 Å². The van der Waals surface area contributed by atoms with Crippen LogP contribution >= 0.6 is 11.6 Å². The number of nitrogens with zero attached hydrogens (tertiary/aromatic N) is 1. The zero-order valence-electron chi connectivity index (χ0n) is 15.1. The van der Waals surface area contributed by atoms with Gasteiger partial charge in [-0.15, -0.1) is 0 Å². The highest BCUT2D eigenvalue weighted by atomic mass is 35.5. The Labute approximate surface area is 168 Å². The molecule has 1 fully saturated rings. The van der Waals surface area contributed by atoms with E-state index in [9.17, 15) is 18.0 Å². The van der Waals surface area contributed by atoms with Crippen molar-refractivity contribution in [1.82, 2.24) is 10.2 Å². The Hall–Kier alpha value is -2.58. The first-order valence-electron chi connectivity index (χ1n) is 8.51. The predicted molar refractivity (Wildman–Crippen MR) is 104 cm³/mol. The van der Waals surface area contributed by atoms with Crippen LogP contribution in [0, 0.1) is 0 Å². The molecule has 1 aliphatic rings. The van der Waals surface area contributed by atoms with Gasteiger partial charge in [0.05, 0.1) is 18.6 Å². The number of amides is 2. The molecule has 2 aromatic rings. The lowest BCUT2D eigenvalue weighted by atomic mass is 10.2. The first kappa shape index (κ1) is 20.2. The van der Waals surface area contributed by atoms with E-state index in [1.54, 1.807) is 24.3 Å². The van der Waals surface area contributed by atoms with Gasteiger partial charge in [-0.3, -0.25) is 9.59 Å². The van der Waals surface area contributed by atoms with E-state index in [-0.39, 0.29) is 30.4 Å². The molecule has 1 aliphatic heterocycles. The van der Waals surface area contributed by atoms with E-state index in [1.165, 1.54) is 36.3 Å². The molecule has 0 saturated carbocycles. The summed E-state index contributed by atoms with van der Waals surface area (Å²) in [6.07, 6.45) is 0. The molecule has 28 heavy (non-hydrogen) atoms. The molecule has 2 aromatic carbocycles. The van der Waals surface area contributed by atoms with Crippen molar-refractivity contribution in [3.8, 4) is 5.75 Å². The lowest BCUT2D eigenvalue weighted by Gasteiger charge is -2.38. The second-order valence-electron chi connectivity index (χ2n) is 6.33. The number of carbonyl (C=O) groups excluding carboxylic acids is 2. The summed E-state index contributed by atoms with van der Waals surface area (Å²) in [6.45, 7) is -0.0125. The van der Waals surface area contributed by atoms with Crippen molar-refractivity contribution in [2.75, 3.05) is 26.7 Å². The predicted octanol–water partition coefficient (Wildman–Crippen LogP) is 1.76. The first-order valence-corrected chi connectivity index (χ1v) is 10.4. The van der Waals surface area contributed by atoms with Gasteiger partial charge in [-0.2, -0.15) is 0 Å². The van der Waals surface area contributed by atoms with Crippen molar-refractivity contribution in [2.45, 2.75) is 10.1 Å². The fourth-order valence-corrected chi connectivity index (χ4v) is 4.57. The maximum absolute atomic E-state index is 12.5. The molecule has 0 atom stereocenters. The summed E-state index contributed by atoms with van der Waals surface area (Å²) in [6, 6.07) is 12.5. The van der Waals surface area contributed by atoms with Crippen LogP contribution < -0.4 is 10.1 Å². The standard InChI is InChI=1S/C19H19ClN2O5S/c1-27-15-4-2-3-13(9-15)19(24)21-10-18(23)22-11-17(12-22)28(25,26)16-7-5-14(20)6-8-16/h2-9,17H,10-12H2,1H3,(H,21,24).